The molecule has 4 heteroatoms. The van der Waals surface area contributed by atoms with E-state index in [9.17, 15) is 10.4 Å². The number of hydrogen-bond acceptors (Lipinski definition) is 4. The lowest BCUT2D eigenvalue weighted by Crippen LogP contribution is -2.35. The van der Waals surface area contributed by atoms with Crippen molar-refractivity contribution in [3.8, 4) is 6.07 Å². The number of nitrogens with zero attached hydrogens (tertiary/aromatic N) is 3. The molecule has 96 valence electrons. The van der Waals surface area contributed by atoms with Crippen LogP contribution in [0.15, 0.2) is 24.5 Å². The molecule has 1 fully saturated rings. The van der Waals surface area contributed by atoms with E-state index in [4.69, 9.17) is 0 Å². The molecule has 1 aliphatic rings. The zero-order chi connectivity index (χ0) is 12.8. The fraction of sp³-hybridized carbons (Fsp3) is 0.571. The van der Waals surface area contributed by atoms with Crippen molar-refractivity contribution in [1.29, 1.82) is 5.26 Å². The van der Waals surface area contributed by atoms with Crippen molar-refractivity contribution in [3.63, 3.8) is 0 Å². The second-order valence-electron chi connectivity index (χ2n) is 4.82. The molecule has 0 radical (unpaired) electrons. The third-order valence-corrected chi connectivity index (χ3v) is 3.50. The van der Waals surface area contributed by atoms with E-state index in [1.54, 1.807) is 24.5 Å². The van der Waals surface area contributed by atoms with Gasteiger partial charge in [-0.05, 0) is 43.6 Å². The van der Waals surface area contributed by atoms with Gasteiger partial charge in [-0.1, -0.05) is 6.42 Å². The van der Waals surface area contributed by atoms with Crippen LogP contribution in [0.25, 0.3) is 0 Å². The molecule has 0 saturated carbocycles. The Morgan fingerprint density at radius 2 is 1.94 bits per heavy atom. The molecule has 0 aliphatic carbocycles. The lowest BCUT2D eigenvalue weighted by Gasteiger charge is -2.29. The molecule has 0 spiro atoms. The standard InChI is InChI=1S/C14H19N3O/c15-10-13(11-17-8-2-1-3-9-17)14(18)12-4-6-16-7-5-12/h4-7,13-14,18H,1-3,8-9,11H2/t13-,14-/m0/s1. The summed E-state index contributed by atoms with van der Waals surface area (Å²) in [6, 6.07) is 5.77. The second kappa shape index (κ2) is 6.48. The minimum Gasteiger partial charge on any atom is -0.387 e. The number of aliphatic hydroxyl groups is 1. The molecule has 0 amide bonds. The molecule has 1 saturated heterocycles. The van der Waals surface area contributed by atoms with Gasteiger partial charge in [-0.3, -0.25) is 4.98 Å². The Balaban J connectivity index is 1.98. The fourth-order valence-electron chi connectivity index (χ4n) is 2.42. The van der Waals surface area contributed by atoms with Crippen LogP contribution in [0.3, 0.4) is 0 Å². The topological polar surface area (TPSA) is 60.2 Å². The molecule has 18 heavy (non-hydrogen) atoms. The SMILES string of the molecule is N#C[C@@H](CN1CCCCC1)[C@@H](O)c1ccncc1. The van der Waals surface area contributed by atoms with Gasteiger partial charge in [0, 0.05) is 18.9 Å². The molecule has 1 aromatic heterocycles. The molecule has 1 aromatic rings. The Labute approximate surface area is 108 Å². The van der Waals surface area contributed by atoms with Crippen molar-refractivity contribution < 1.29 is 5.11 Å². The van der Waals surface area contributed by atoms with E-state index in [0.29, 0.717) is 6.54 Å². The van der Waals surface area contributed by atoms with E-state index in [1.807, 2.05) is 0 Å². The number of pyridine rings is 1. The summed E-state index contributed by atoms with van der Waals surface area (Å²) >= 11 is 0. The molecule has 4 nitrogen and oxygen atoms in total. The van der Waals surface area contributed by atoms with Crippen LogP contribution in [-0.2, 0) is 0 Å². The van der Waals surface area contributed by atoms with Crippen molar-refractivity contribution in [2.24, 2.45) is 5.92 Å². The number of likely N-dealkylation sites (tertiary alicyclic amines) is 1. The van der Waals surface area contributed by atoms with Crippen molar-refractivity contribution in [2.45, 2.75) is 25.4 Å². The average Bonchev–Trinajstić information content (AvgIpc) is 2.46. The van der Waals surface area contributed by atoms with Gasteiger partial charge < -0.3 is 10.0 Å². The summed E-state index contributed by atoms with van der Waals surface area (Å²) < 4.78 is 0. The maximum atomic E-state index is 10.2. The summed E-state index contributed by atoms with van der Waals surface area (Å²) in [5.74, 6) is -0.370. The molecule has 2 atom stereocenters. The molecule has 0 bridgehead atoms. The van der Waals surface area contributed by atoms with Gasteiger partial charge in [-0.2, -0.15) is 5.26 Å². The first-order valence-electron chi connectivity index (χ1n) is 6.51. The van der Waals surface area contributed by atoms with Gasteiger partial charge in [0.05, 0.1) is 18.1 Å². The Morgan fingerprint density at radius 1 is 1.28 bits per heavy atom. The van der Waals surface area contributed by atoms with Crippen LogP contribution in [0.5, 0.6) is 0 Å². The number of piperidine rings is 1. The summed E-state index contributed by atoms with van der Waals surface area (Å²) in [6.07, 6.45) is 6.25. The highest BCUT2D eigenvalue weighted by Crippen LogP contribution is 2.23. The van der Waals surface area contributed by atoms with Crippen LogP contribution in [0, 0.1) is 17.2 Å². The van der Waals surface area contributed by atoms with Gasteiger partial charge in [0.2, 0.25) is 0 Å². The van der Waals surface area contributed by atoms with Gasteiger partial charge in [-0.25, -0.2) is 0 Å². The monoisotopic (exact) mass is 245 g/mol. The highest BCUT2D eigenvalue weighted by Gasteiger charge is 2.24. The van der Waals surface area contributed by atoms with Gasteiger partial charge >= 0.3 is 0 Å². The van der Waals surface area contributed by atoms with E-state index in [-0.39, 0.29) is 5.92 Å². The molecule has 2 heterocycles. The Kier molecular flexibility index (Phi) is 4.68. The van der Waals surface area contributed by atoms with Crippen LogP contribution < -0.4 is 0 Å². The zero-order valence-corrected chi connectivity index (χ0v) is 10.5. The van der Waals surface area contributed by atoms with Crippen LogP contribution in [0.4, 0.5) is 0 Å². The molecule has 1 aliphatic heterocycles. The van der Waals surface area contributed by atoms with E-state index in [2.05, 4.69) is 16.0 Å². The van der Waals surface area contributed by atoms with Crippen LogP contribution in [0.1, 0.15) is 30.9 Å². The summed E-state index contributed by atoms with van der Waals surface area (Å²) in [7, 11) is 0. The fourth-order valence-corrected chi connectivity index (χ4v) is 2.42. The van der Waals surface area contributed by atoms with Crippen molar-refractivity contribution in [1.82, 2.24) is 9.88 Å². The normalized spacial score (nSPS) is 20.0. The third-order valence-electron chi connectivity index (χ3n) is 3.50. The number of aliphatic hydroxyl groups excluding tert-OH is 1. The minimum atomic E-state index is -0.722. The highest BCUT2D eigenvalue weighted by atomic mass is 16.3. The lowest BCUT2D eigenvalue weighted by molar-refractivity contribution is 0.0989. The number of aromatic nitrogens is 1. The largest absolute Gasteiger partial charge is 0.387 e. The predicted molar refractivity (Wildman–Crippen MR) is 68.6 cm³/mol. The van der Waals surface area contributed by atoms with E-state index >= 15 is 0 Å². The summed E-state index contributed by atoms with van der Waals surface area (Å²) in [5, 5.41) is 19.5. The first-order chi connectivity index (χ1) is 8.81. The van der Waals surface area contributed by atoms with Gasteiger partial charge in [0.1, 0.15) is 0 Å². The molecular formula is C14H19N3O. The smallest absolute Gasteiger partial charge is 0.0961 e. The van der Waals surface area contributed by atoms with E-state index in [0.717, 1.165) is 18.7 Å². The first kappa shape index (κ1) is 13.0. The van der Waals surface area contributed by atoms with Gasteiger partial charge in [0.15, 0.2) is 0 Å². The van der Waals surface area contributed by atoms with E-state index < -0.39 is 6.10 Å². The maximum Gasteiger partial charge on any atom is 0.0961 e. The third kappa shape index (κ3) is 3.28. The lowest BCUT2D eigenvalue weighted by atomic mass is 9.96. The zero-order valence-electron chi connectivity index (χ0n) is 10.5. The quantitative estimate of drug-likeness (QED) is 0.877. The highest BCUT2D eigenvalue weighted by molar-refractivity contribution is 5.16. The van der Waals surface area contributed by atoms with Gasteiger partial charge in [0.25, 0.3) is 0 Å². The Bertz CT molecular complexity index is 395. The van der Waals surface area contributed by atoms with Crippen LogP contribution in [-0.4, -0.2) is 34.6 Å². The summed E-state index contributed by atoms with van der Waals surface area (Å²) in [6.45, 7) is 2.74. The first-order valence-corrected chi connectivity index (χ1v) is 6.51. The molecule has 0 unspecified atom stereocenters. The summed E-state index contributed by atoms with van der Waals surface area (Å²) in [4.78, 5) is 6.20. The number of hydrogen-bond donors (Lipinski definition) is 1. The van der Waals surface area contributed by atoms with Crippen molar-refractivity contribution in [3.05, 3.63) is 30.1 Å². The van der Waals surface area contributed by atoms with Crippen molar-refractivity contribution >= 4 is 0 Å². The van der Waals surface area contributed by atoms with Crippen LogP contribution >= 0.6 is 0 Å². The molecule has 0 aromatic carbocycles. The average molecular weight is 245 g/mol. The molecule has 1 N–H and O–H groups in total. The second-order valence-corrected chi connectivity index (χ2v) is 4.82. The Hall–Kier alpha value is -1.44. The van der Waals surface area contributed by atoms with Crippen LogP contribution in [0.2, 0.25) is 0 Å². The summed E-state index contributed by atoms with van der Waals surface area (Å²) in [5.41, 5.74) is 0.772. The molecular weight excluding hydrogens is 226 g/mol. The minimum absolute atomic E-state index is 0.370. The van der Waals surface area contributed by atoms with Crippen molar-refractivity contribution in [2.75, 3.05) is 19.6 Å². The van der Waals surface area contributed by atoms with Gasteiger partial charge in [-0.15, -0.1) is 0 Å². The maximum absolute atomic E-state index is 10.2. The van der Waals surface area contributed by atoms with E-state index in [1.165, 1.54) is 19.3 Å². The molecule has 2 rings (SSSR count). The Morgan fingerprint density at radius 3 is 2.56 bits per heavy atom. The number of rotatable bonds is 4. The number of nitriles is 1. The predicted octanol–water partition coefficient (Wildman–Crippen LogP) is 1.74.